The zero-order valence-electron chi connectivity index (χ0n) is 9.19. The molecule has 2 heterocycles. The number of hydrogen-bond acceptors (Lipinski definition) is 5. The minimum atomic E-state index is 0.459. The van der Waals surface area contributed by atoms with Gasteiger partial charge in [-0.05, 0) is 32.6 Å². The molecule has 0 aromatic carbocycles. The van der Waals surface area contributed by atoms with Gasteiger partial charge in [0.15, 0.2) is 0 Å². The van der Waals surface area contributed by atoms with Crippen molar-refractivity contribution in [3.05, 3.63) is 5.82 Å². The third-order valence-corrected chi connectivity index (χ3v) is 3.59. The van der Waals surface area contributed by atoms with Crippen LogP contribution in [-0.4, -0.2) is 28.6 Å². The van der Waals surface area contributed by atoms with Gasteiger partial charge in [0.1, 0.15) is 5.82 Å². The molecule has 1 unspecified atom stereocenters. The Morgan fingerprint density at radius 1 is 1.47 bits per heavy atom. The molecule has 1 aromatic heterocycles. The molecule has 0 bridgehead atoms. The summed E-state index contributed by atoms with van der Waals surface area (Å²) in [6, 6.07) is 0.459. The second-order valence-electron chi connectivity index (χ2n) is 4.03. The first kappa shape index (κ1) is 10.8. The van der Waals surface area contributed by atoms with Crippen LogP contribution in [0.2, 0.25) is 0 Å². The second-order valence-corrected chi connectivity index (χ2v) is 4.78. The molecule has 0 radical (unpaired) electrons. The monoisotopic (exact) mass is 227 g/mol. The summed E-state index contributed by atoms with van der Waals surface area (Å²) in [4.78, 5) is 4.31. The van der Waals surface area contributed by atoms with Gasteiger partial charge in [0.25, 0.3) is 0 Å². The summed E-state index contributed by atoms with van der Waals surface area (Å²) in [6.07, 6.45) is 2.29. The molecular weight excluding hydrogens is 210 g/mol. The molecule has 1 atom stereocenters. The van der Waals surface area contributed by atoms with Gasteiger partial charge in [-0.15, -0.1) is 0 Å². The van der Waals surface area contributed by atoms with Crippen molar-refractivity contribution in [3.63, 3.8) is 0 Å². The van der Waals surface area contributed by atoms with E-state index in [1.165, 1.54) is 11.5 Å². The van der Waals surface area contributed by atoms with E-state index in [0.29, 0.717) is 12.0 Å². The van der Waals surface area contributed by atoms with Gasteiger partial charge in [0, 0.05) is 30.8 Å². The van der Waals surface area contributed by atoms with E-state index in [4.69, 9.17) is 4.74 Å². The lowest BCUT2D eigenvalue weighted by molar-refractivity contribution is 0.0622. The Morgan fingerprint density at radius 3 is 2.80 bits per heavy atom. The van der Waals surface area contributed by atoms with E-state index in [0.717, 1.165) is 37.0 Å². The average molecular weight is 227 g/mol. The largest absolute Gasteiger partial charge is 0.381 e. The first-order chi connectivity index (χ1) is 7.25. The van der Waals surface area contributed by atoms with Crippen molar-refractivity contribution >= 4 is 16.7 Å². The van der Waals surface area contributed by atoms with Crippen LogP contribution in [0.5, 0.6) is 0 Å². The topological polar surface area (TPSA) is 47.0 Å². The van der Waals surface area contributed by atoms with Crippen LogP contribution in [-0.2, 0) is 4.74 Å². The number of aryl methyl sites for hydroxylation is 1. The standard InChI is InChI=1S/C10H17N3OS/c1-7(9-3-5-14-6-4-9)11-10-12-8(2)13-15-10/h7,9H,3-6H2,1-2H3,(H,11,12,13). The van der Waals surface area contributed by atoms with Crippen LogP contribution in [0.15, 0.2) is 0 Å². The highest BCUT2D eigenvalue weighted by molar-refractivity contribution is 7.09. The number of aromatic nitrogens is 2. The molecule has 0 spiro atoms. The molecule has 5 heteroatoms. The Balaban J connectivity index is 1.88. The Bertz CT molecular complexity index is 309. The normalized spacial score (nSPS) is 20.1. The quantitative estimate of drug-likeness (QED) is 0.858. The van der Waals surface area contributed by atoms with Gasteiger partial charge in [-0.3, -0.25) is 0 Å². The molecule has 84 valence electrons. The van der Waals surface area contributed by atoms with Gasteiger partial charge in [-0.2, -0.15) is 4.37 Å². The van der Waals surface area contributed by atoms with E-state index in [9.17, 15) is 0 Å². The lowest BCUT2D eigenvalue weighted by atomic mass is 9.93. The average Bonchev–Trinajstić information content (AvgIpc) is 2.65. The summed E-state index contributed by atoms with van der Waals surface area (Å²) in [6.45, 7) is 5.92. The molecule has 0 amide bonds. The maximum absolute atomic E-state index is 5.35. The zero-order valence-corrected chi connectivity index (χ0v) is 10.0. The van der Waals surface area contributed by atoms with E-state index < -0.39 is 0 Å². The fraction of sp³-hybridized carbons (Fsp3) is 0.800. The molecule has 15 heavy (non-hydrogen) atoms. The van der Waals surface area contributed by atoms with E-state index in [-0.39, 0.29) is 0 Å². The maximum Gasteiger partial charge on any atom is 0.202 e. The van der Waals surface area contributed by atoms with E-state index >= 15 is 0 Å². The van der Waals surface area contributed by atoms with Gasteiger partial charge in [0.2, 0.25) is 5.13 Å². The molecule has 1 saturated heterocycles. The van der Waals surface area contributed by atoms with E-state index in [2.05, 4.69) is 21.6 Å². The second kappa shape index (κ2) is 4.90. The molecule has 0 saturated carbocycles. The minimum absolute atomic E-state index is 0.459. The molecule has 1 N–H and O–H groups in total. The fourth-order valence-electron chi connectivity index (χ4n) is 1.88. The summed E-state index contributed by atoms with van der Waals surface area (Å²) in [7, 11) is 0. The lowest BCUT2D eigenvalue weighted by Crippen LogP contribution is -2.30. The van der Waals surface area contributed by atoms with E-state index in [1.54, 1.807) is 0 Å². The molecule has 2 rings (SSSR count). The highest BCUT2D eigenvalue weighted by atomic mass is 32.1. The van der Waals surface area contributed by atoms with Crippen LogP contribution in [0.25, 0.3) is 0 Å². The van der Waals surface area contributed by atoms with E-state index in [1.807, 2.05) is 6.92 Å². The number of anilines is 1. The maximum atomic E-state index is 5.35. The zero-order chi connectivity index (χ0) is 10.7. The van der Waals surface area contributed by atoms with Crippen LogP contribution < -0.4 is 5.32 Å². The SMILES string of the molecule is Cc1nsc(NC(C)C2CCOCC2)n1. The number of nitrogens with one attached hydrogen (secondary N) is 1. The Labute approximate surface area is 94.2 Å². The van der Waals surface area contributed by atoms with Crippen LogP contribution in [0.4, 0.5) is 5.13 Å². The molecule has 1 aliphatic rings. The van der Waals surface area contributed by atoms with Crippen molar-refractivity contribution in [1.82, 2.24) is 9.36 Å². The van der Waals surface area contributed by atoms with Crippen molar-refractivity contribution in [3.8, 4) is 0 Å². The van der Waals surface area contributed by atoms with Crippen LogP contribution in [0.1, 0.15) is 25.6 Å². The minimum Gasteiger partial charge on any atom is -0.381 e. The summed E-state index contributed by atoms with van der Waals surface area (Å²) in [5.41, 5.74) is 0. The van der Waals surface area contributed by atoms with Gasteiger partial charge >= 0.3 is 0 Å². The fourth-order valence-corrected chi connectivity index (χ4v) is 2.56. The molecule has 1 aromatic rings. The third-order valence-electron chi connectivity index (χ3n) is 2.85. The first-order valence-electron chi connectivity index (χ1n) is 5.40. The Hall–Kier alpha value is -0.680. The van der Waals surface area contributed by atoms with Crippen molar-refractivity contribution < 1.29 is 4.74 Å². The van der Waals surface area contributed by atoms with Crippen molar-refractivity contribution in [2.75, 3.05) is 18.5 Å². The van der Waals surface area contributed by atoms with Crippen molar-refractivity contribution in [2.24, 2.45) is 5.92 Å². The molecule has 1 aliphatic heterocycles. The predicted molar refractivity (Wildman–Crippen MR) is 61.3 cm³/mol. The molecule has 1 fully saturated rings. The van der Waals surface area contributed by atoms with Crippen molar-refractivity contribution in [2.45, 2.75) is 32.7 Å². The smallest absolute Gasteiger partial charge is 0.202 e. The third kappa shape index (κ3) is 2.89. The van der Waals surface area contributed by atoms with Gasteiger partial charge in [-0.1, -0.05) is 0 Å². The van der Waals surface area contributed by atoms with Gasteiger partial charge in [0.05, 0.1) is 0 Å². The summed E-state index contributed by atoms with van der Waals surface area (Å²) in [5.74, 6) is 1.55. The van der Waals surface area contributed by atoms with Crippen LogP contribution >= 0.6 is 11.5 Å². The number of ether oxygens (including phenoxy) is 1. The lowest BCUT2D eigenvalue weighted by Gasteiger charge is -2.27. The summed E-state index contributed by atoms with van der Waals surface area (Å²) >= 11 is 1.44. The highest BCUT2D eigenvalue weighted by Gasteiger charge is 2.20. The first-order valence-corrected chi connectivity index (χ1v) is 6.17. The van der Waals surface area contributed by atoms with Gasteiger partial charge in [-0.25, -0.2) is 4.98 Å². The van der Waals surface area contributed by atoms with Crippen molar-refractivity contribution in [1.29, 1.82) is 0 Å². The van der Waals surface area contributed by atoms with Crippen LogP contribution in [0, 0.1) is 12.8 Å². The predicted octanol–water partition coefficient (Wildman–Crippen LogP) is 2.07. The highest BCUT2D eigenvalue weighted by Crippen LogP contribution is 2.22. The Morgan fingerprint density at radius 2 is 2.20 bits per heavy atom. The van der Waals surface area contributed by atoms with Crippen LogP contribution in [0.3, 0.4) is 0 Å². The molecular formula is C10H17N3OS. The number of nitrogens with zero attached hydrogens (tertiary/aromatic N) is 2. The number of hydrogen-bond donors (Lipinski definition) is 1. The molecule has 4 nitrogen and oxygen atoms in total. The number of rotatable bonds is 3. The summed E-state index contributed by atoms with van der Waals surface area (Å²) < 4.78 is 9.51. The summed E-state index contributed by atoms with van der Waals surface area (Å²) in [5, 5.41) is 4.36. The van der Waals surface area contributed by atoms with Gasteiger partial charge < -0.3 is 10.1 Å². The molecule has 0 aliphatic carbocycles. The Kier molecular flexibility index (Phi) is 3.53.